The topological polar surface area (TPSA) is 61.4 Å². The van der Waals surface area contributed by atoms with Gasteiger partial charge >= 0.3 is 6.03 Å². The molecule has 0 aliphatic heterocycles. The Morgan fingerprint density at radius 2 is 2.19 bits per heavy atom. The molecule has 0 aromatic heterocycles. The van der Waals surface area contributed by atoms with Crippen LogP contribution in [0.4, 0.5) is 9.18 Å². The van der Waals surface area contributed by atoms with Crippen LogP contribution in [-0.4, -0.2) is 29.3 Å². The smallest absolute Gasteiger partial charge is 0.315 e. The summed E-state index contributed by atoms with van der Waals surface area (Å²) in [6, 6.07) is 6.41. The van der Waals surface area contributed by atoms with Crippen LogP contribution in [-0.2, 0) is 0 Å². The molecule has 3 unspecified atom stereocenters. The monoisotopic (exact) mass is 294 g/mol. The van der Waals surface area contributed by atoms with Crippen molar-refractivity contribution in [1.29, 1.82) is 0 Å². The molecule has 1 fully saturated rings. The summed E-state index contributed by atoms with van der Waals surface area (Å²) in [5.41, 5.74) is 0.248. The Bertz CT molecular complexity index is 509. The van der Waals surface area contributed by atoms with E-state index in [4.69, 9.17) is 5.11 Å². The maximum absolute atomic E-state index is 13.7. The Labute approximate surface area is 124 Å². The second-order valence-electron chi connectivity index (χ2n) is 5.96. The quantitative estimate of drug-likeness (QED) is 0.755. The first-order valence-electron chi connectivity index (χ1n) is 7.43. The van der Waals surface area contributed by atoms with Crippen LogP contribution >= 0.6 is 0 Å². The maximum Gasteiger partial charge on any atom is 0.315 e. The average Bonchev–Trinajstić information content (AvgIpc) is 3.18. The summed E-state index contributed by atoms with van der Waals surface area (Å²) < 4.78 is 13.7. The minimum absolute atomic E-state index is 0.0165. The highest BCUT2D eigenvalue weighted by Crippen LogP contribution is 2.41. The van der Waals surface area contributed by atoms with Crippen molar-refractivity contribution < 1.29 is 14.3 Å². The lowest BCUT2D eigenvalue weighted by Gasteiger charge is -2.29. The molecular weight excluding hydrogens is 271 g/mol. The number of aliphatic hydroxyl groups is 1. The van der Waals surface area contributed by atoms with Crippen LogP contribution in [0.5, 0.6) is 0 Å². The second kappa shape index (κ2) is 6.43. The van der Waals surface area contributed by atoms with Crippen LogP contribution in [0, 0.1) is 5.82 Å². The molecule has 0 heterocycles. The van der Waals surface area contributed by atoms with Gasteiger partial charge in [-0.25, -0.2) is 9.18 Å². The Morgan fingerprint density at radius 3 is 2.81 bits per heavy atom. The molecule has 1 aliphatic rings. The van der Waals surface area contributed by atoms with Gasteiger partial charge in [-0.15, -0.1) is 0 Å². The molecule has 3 N–H and O–H groups in total. The van der Waals surface area contributed by atoms with Crippen LogP contribution in [0.25, 0.3) is 0 Å². The Kier molecular flexibility index (Phi) is 4.83. The van der Waals surface area contributed by atoms with Crippen molar-refractivity contribution in [3.63, 3.8) is 0 Å². The minimum Gasteiger partial charge on any atom is -0.396 e. The van der Waals surface area contributed by atoms with E-state index in [1.54, 1.807) is 12.1 Å². The third-order valence-electron chi connectivity index (χ3n) is 4.27. The van der Waals surface area contributed by atoms with E-state index in [0.29, 0.717) is 12.0 Å². The summed E-state index contributed by atoms with van der Waals surface area (Å²) in [7, 11) is 0. The second-order valence-corrected chi connectivity index (χ2v) is 5.96. The number of carbonyl (C=O) groups is 1. The minimum atomic E-state index is -0.415. The number of urea groups is 1. The zero-order chi connectivity index (χ0) is 15.5. The van der Waals surface area contributed by atoms with Gasteiger partial charge in [0.25, 0.3) is 0 Å². The Balaban J connectivity index is 1.87. The molecule has 1 aromatic carbocycles. The summed E-state index contributed by atoms with van der Waals surface area (Å²) in [6.07, 6.45) is 2.01. The molecule has 0 bridgehead atoms. The van der Waals surface area contributed by atoms with Crippen molar-refractivity contribution in [3.05, 3.63) is 35.6 Å². The number of rotatable bonds is 6. The third-order valence-corrected chi connectivity index (χ3v) is 4.27. The standard InChI is InChI=1S/C16H23FN2O2/c1-3-16(2,8-9-20)19-15(21)18-14-10-12(14)11-6-4-5-7-13(11)17/h4-7,12,14,20H,3,8-10H2,1-2H3,(H2,18,19,21). The Morgan fingerprint density at radius 1 is 1.48 bits per heavy atom. The molecule has 2 amide bonds. The SMILES string of the molecule is CCC(C)(CCO)NC(=O)NC1CC1c1ccccc1F. The zero-order valence-electron chi connectivity index (χ0n) is 12.5. The molecule has 1 aromatic rings. The van der Waals surface area contributed by atoms with Gasteiger partial charge in [-0.2, -0.15) is 0 Å². The van der Waals surface area contributed by atoms with Crippen molar-refractivity contribution in [2.24, 2.45) is 0 Å². The highest BCUT2D eigenvalue weighted by molar-refractivity contribution is 5.75. The van der Waals surface area contributed by atoms with E-state index < -0.39 is 5.54 Å². The lowest BCUT2D eigenvalue weighted by atomic mass is 9.95. The number of amides is 2. The van der Waals surface area contributed by atoms with Crippen LogP contribution < -0.4 is 10.6 Å². The van der Waals surface area contributed by atoms with E-state index in [1.807, 2.05) is 19.9 Å². The summed E-state index contributed by atoms with van der Waals surface area (Å²) in [5, 5.41) is 14.8. The predicted octanol–water partition coefficient (Wildman–Crippen LogP) is 2.53. The molecule has 0 saturated heterocycles. The van der Waals surface area contributed by atoms with Gasteiger partial charge in [-0.1, -0.05) is 25.1 Å². The summed E-state index contributed by atoms with van der Waals surface area (Å²) >= 11 is 0. The number of benzene rings is 1. The van der Waals surface area contributed by atoms with E-state index in [9.17, 15) is 9.18 Å². The molecule has 1 aliphatic carbocycles. The fourth-order valence-electron chi connectivity index (χ4n) is 2.53. The normalized spacial score (nSPS) is 23.2. The molecule has 0 spiro atoms. The van der Waals surface area contributed by atoms with Gasteiger partial charge in [0.15, 0.2) is 0 Å². The first kappa shape index (κ1) is 15.8. The molecule has 116 valence electrons. The zero-order valence-corrected chi connectivity index (χ0v) is 12.5. The van der Waals surface area contributed by atoms with Gasteiger partial charge in [0.05, 0.1) is 0 Å². The molecule has 5 heteroatoms. The summed E-state index contributed by atoms with van der Waals surface area (Å²) in [6.45, 7) is 3.91. The molecule has 3 atom stereocenters. The van der Waals surface area contributed by atoms with Crippen LogP contribution in [0.1, 0.15) is 44.6 Å². The first-order valence-corrected chi connectivity index (χ1v) is 7.43. The lowest BCUT2D eigenvalue weighted by molar-refractivity contribution is 0.200. The van der Waals surface area contributed by atoms with Gasteiger partial charge in [0.2, 0.25) is 0 Å². The number of nitrogens with one attached hydrogen (secondary N) is 2. The van der Waals surface area contributed by atoms with Gasteiger partial charge in [0, 0.05) is 24.1 Å². The van der Waals surface area contributed by atoms with E-state index in [-0.39, 0.29) is 30.4 Å². The van der Waals surface area contributed by atoms with Gasteiger partial charge in [-0.3, -0.25) is 0 Å². The highest BCUT2D eigenvalue weighted by atomic mass is 19.1. The molecule has 4 nitrogen and oxygen atoms in total. The Hall–Kier alpha value is -1.62. The van der Waals surface area contributed by atoms with Crippen molar-refractivity contribution >= 4 is 6.03 Å². The fraction of sp³-hybridized carbons (Fsp3) is 0.562. The molecule has 21 heavy (non-hydrogen) atoms. The van der Waals surface area contributed by atoms with E-state index in [1.165, 1.54) is 6.07 Å². The average molecular weight is 294 g/mol. The first-order chi connectivity index (χ1) is 9.99. The lowest BCUT2D eigenvalue weighted by Crippen LogP contribution is -2.51. The summed E-state index contributed by atoms with van der Waals surface area (Å²) in [5.74, 6) is -0.159. The van der Waals surface area contributed by atoms with Crippen LogP contribution in [0.3, 0.4) is 0 Å². The largest absolute Gasteiger partial charge is 0.396 e. The molecule has 1 saturated carbocycles. The summed E-state index contributed by atoms with van der Waals surface area (Å²) in [4.78, 5) is 12.0. The van der Waals surface area contributed by atoms with E-state index in [0.717, 1.165) is 12.8 Å². The van der Waals surface area contributed by atoms with Gasteiger partial charge in [0.1, 0.15) is 5.82 Å². The number of hydrogen-bond acceptors (Lipinski definition) is 2. The third kappa shape index (κ3) is 3.94. The van der Waals surface area contributed by atoms with Crippen molar-refractivity contribution in [3.8, 4) is 0 Å². The van der Waals surface area contributed by atoms with Gasteiger partial charge < -0.3 is 15.7 Å². The van der Waals surface area contributed by atoms with E-state index >= 15 is 0 Å². The van der Waals surface area contributed by atoms with Crippen LogP contribution in [0.15, 0.2) is 24.3 Å². The maximum atomic E-state index is 13.7. The van der Waals surface area contributed by atoms with Gasteiger partial charge in [-0.05, 0) is 37.8 Å². The number of hydrogen-bond donors (Lipinski definition) is 3. The van der Waals surface area contributed by atoms with Crippen molar-refractivity contribution in [1.82, 2.24) is 10.6 Å². The van der Waals surface area contributed by atoms with Crippen molar-refractivity contribution in [2.45, 2.75) is 50.6 Å². The number of carbonyl (C=O) groups excluding carboxylic acids is 1. The van der Waals surface area contributed by atoms with E-state index in [2.05, 4.69) is 10.6 Å². The highest BCUT2D eigenvalue weighted by Gasteiger charge is 2.41. The van der Waals surface area contributed by atoms with Crippen molar-refractivity contribution in [2.75, 3.05) is 6.61 Å². The molecule has 0 radical (unpaired) electrons. The number of aliphatic hydroxyl groups excluding tert-OH is 1. The van der Waals surface area contributed by atoms with Crippen LogP contribution in [0.2, 0.25) is 0 Å². The molecular formula is C16H23FN2O2. The molecule has 2 rings (SSSR count). The fourth-order valence-corrected chi connectivity index (χ4v) is 2.53. The number of halogens is 1. The predicted molar refractivity (Wildman–Crippen MR) is 79.6 cm³/mol.